The lowest BCUT2D eigenvalue weighted by Gasteiger charge is -2.32. The molecule has 2 fully saturated rings. The van der Waals surface area contributed by atoms with Gasteiger partial charge >= 0.3 is 0 Å². The Balaban J connectivity index is 1.39. The maximum Gasteiger partial charge on any atom is 0.230 e. The normalized spacial score (nSPS) is 26.2. The molecular weight excluding hydrogens is 302 g/mol. The standard InChI is InChI=1S/C19H21N3O2/c23-19(21-15-7-4-8-20-10-15)17-9-16-12-22(13-18(17)24-16)11-14-5-2-1-3-6-14/h1-8,10,16-18H,9,11-13H2,(H,21,23)/t16-,17+,18+/m0/s1. The number of rotatable bonds is 4. The number of benzene rings is 1. The van der Waals surface area contributed by atoms with Crippen LogP contribution in [-0.4, -0.2) is 41.1 Å². The second-order valence-corrected chi connectivity index (χ2v) is 6.55. The van der Waals surface area contributed by atoms with Crippen molar-refractivity contribution in [2.24, 2.45) is 5.92 Å². The van der Waals surface area contributed by atoms with Crippen molar-refractivity contribution in [2.45, 2.75) is 25.2 Å². The minimum Gasteiger partial charge on any atom is -0.371 e. The number of nitrogens with zero attached hydrogens (tertiary/aromatic N) is 2. The number of pyridine rings is 1. The van der Waals surface area contributed by atoms with Crippen molar-refractivity contribution in [1.82, 2.24) is 9.88 Å². The molecular formula is C19H21N3O2. The second-order valence-electron chi connectivity index (χ2n) is 6.55. The second kappa shape index (κ2) is 6.71. The van der Waals surface area contributed by atoms with Gasteiger partial charge in [0.2, 0.25) is 5.91 Å². The third kappa shape index (κ3) is 3.32. The van der Waals surface area contributed by atoms with E-state index in [-0.39, 0.29) is 24.0 Å². The largest absolute Gasteiger partial charge is 0.371 e. The average molecular weight is 323 g/mol. The molecule has 24 heavy (non-hydrogen) atoms. The van der Waals surface area contributed by atoms with E-state index < -0.39 is 0 Å². The van der Waals surface area contributed by atoms with Crippen LogP contribution in [0.25, 0.3) is 0 Å². The smallest absolute Gasteiger partial charge is 0.230 e. The topological polar surface area (TPSA) is 54.5 Å². The Kier molecular flexibility index (Phi) is 4.28. The number of ether oxygens (including phenoxy) is 1. The average Bonchev–Trinajstić information content (AvgIpc) is 2.91. The van der Waals surface area contributed by atoms with Crippen LogP contribution in [0.15, 0.2) is 54.9 Å². The van der Waals surface area contributed by atoms with Gasteiger partial charge in [0.25, 0.3) is 0 Å². The molecule has 0 radical (unpaired) electrons. The molecule has 3 atom stereocenters. The highest BCUT2D eigenvalue weighted by Crippen LogP contribution is 2.33. The van der Waals surface area contributed by atoms with Crippen LogP contribution in [-0.2, 0) is 16.1 Å². The number of anilines is 1. The summed E-state index contributed by atoms with van der Waals surface area (Å²) in [6.07, 6.45) is 4.29. The van der Waals surface area contributed by atoms with E-state index in [9.17, 15) is 4.79 Å². The first-order chi connectivity index (χ1) is 11.8. The number of amides is 1. The molecule has 2 bridgehead atoms. The fourth-order valence-corrected chi connectivity index (χ4v) is 3.66. The molecule has 1 N–H and O–H groups in total. The number of nitrogens with one attached hydrogen (secondary N) is 1. The number of morpholine rings is 1. The Hall–Kier alpha value is -2.24. The molecule has 0 spiro atoms. The van der Waals surface area contributed by atoms with Crippen molar-refractivity contribution in [3.8, 4) is 0 Å². The quantitative estimate of drug-likeness (QED) is 0.938. The van der Waals surface area contributed by atoms with Crippen molar-refractivity contribution in [3.63, 3.8) is 0 Å². The zero-order chi connectivity index (χ0) is 16.4. The third-order valence-electron chi connectivity index (χ3n) is 4.75. The van der Waals surface area contributed by atoms with E-state index in [0.29, 0.717) is 0 Å². The van der Waals surface area contributed by atoms with Gasteiger partial charge in [0, 0.05) is 25.8 Å². The van der Waals surface area contributed by atoms with Crippen LogP contribution in [0.2, 0.25) is 0 Å². The number of carbonyl (C=O) groups is 1. The molecule has 2 aromatic rings. The Morgan fingerprint density at radius 1 is 1.21 bits per heavy atom. The molecule has 1 amide bonds. The lowest BCUT2D eigenvalue weighted by molar-refractivity contribution is -0.123. The Morgan fingerprint density at radius 3 is 2.88 bits per heavy atom. The fourth-order valence-electron chi connectivity index (χ4n) is 3.66. The maximum absolute atomic E-state index is 12.6. The Morgan fingerprint density at radius 2 is 2.08 bits per heavy atom. The molecule has 1 aromatic carbocycles. The maximum atomic E-state index is 12.6. The van der Waals surface area contributed by atoms with E-state index in [1.165, 1.54) is 5.56 Å². The SMILES string of the molecule is O=C(Nc1cccnc1)[C@@H]1C[C@H]2CN(Cc3ccccc3)C[C@H]1O2. The van der Waals surface area contributed by atoms with Crippen LogP contribution < -0.4 is 5.32 Å². The van der Waals surface area contributed by atoms with Crippen LogP contribution in [0.1, 0.15) is 12.0 Å². The molecule has 0 aliphatic carbocycles. The van der Waals surface area contributed by atoms with Crippen LogP contribution >= 0.6 is 0 Å². The van der Waals surface area contributed by atoms with Crippen molar-refractivity contribution in [1.29, 1.82) is 0 Å². The minimum absolute atomic E-state index is 0.0240. The van der Waals surface area contributed by atoms with Gasteiger partial charge in [-0.05, 0) is 24.1 Å². The highest BCUT2D eigenvalue weighted by Gasteiger charge is 2.44. The molecule has 5 nitrogen and oxygen atoms in total. The Bertz CT molecular complexity index is 692. The number of fused-ring (bicyclic) bond motifs is 2. The van der Waals surface area contributed by atoms with Gasteiger partial charge in [0.05, 0.1) is 30.0 Å². The molecule has 2 aliphatic heterocycles. The number of likely N-dealkylation sites (tertiary alicyclic amines) is 1. The molecule has 124 valence electrons. The summed E-state index contributed by atoms with van der Waals surface area (Å²) in [5.74, 6) is -0.0481. The molecule has 0 unspecified atom stereocenters. The summed E-state index contributed by atoms with van der Waals surface area (Å²) >= 11 is 0. The lowest BCUT2D eigenvalue weighted by atomic mass is 9.99. The van der Waals surface area contributed by atoms with Crippen LogP contribution in [0.5, 0.6) is 0 Å². The first-order valence-corrected chi connectivity index (χ1v) is 8.40. The predicted molar refractivity (Wildman–Crippen MR) is 91.4 cm³/mol. The summed E-state index contributed by atoms with van der Waals surface area (Å²) in [5.41, 5.74) is 2.04. The molecule has 4 rings (SSSR count). The molecule has 1 aromatic heterocycles. The number of aromatic nitrogens is 1. The van der Waals surface area contributed by atoms with Gasteiger partial charge in [-0.25, -0.2) is 0 Å². The summed E-state index contributed by atoms with van der Waals surface area (Å²) in [4.78, 5) is 19.0. The number of hydrogen-bond acceptors (Lipinski definition) is 4. The van der Waals surface area contributed by atoms with E-state index in [0.717, 1.165) is 31.7 Å². The molecule has 2 saturated heterocycles. The first-order valence-electron chi connectivity index (χ1n) is 8.40. The molecule has 0 saturated carbocycles. The van der Waals surface area contributed by atoms with E-state index in [2.05, 4.69) is 39.5 Å². The molecule has 3 heterocycles. The van der Waals surface area contributed by atoms with Crippen molar-refractivity contribution >= 4 is 11.6 Å². The van der Waals surface area contributed by atoms with Crippen LogP contribution in [0.3, 0.4) is 0 Å². The monoisotopic (exact) mass is 323 g/mol. The highest BCUT2D eigenvalue weighted by molar-refractivity contribution is 5.93. The Labute approximate surface area is 141 Å². The van der Waals surface area contributed by atoms with Gasteiger partial charge in [0.1, 0.15) is 0 Å². The predicted octanol–water partition coefficient (Wildman–Crippen LogP) is 2.31. The molecule has 5 heteroatoms. The van der Waals surface area contributed by atoms with Gasteiger partial charge in [0.15, 0.2) is 0 Å². The van der Waals surface area contributed by atoms with Crippen molar-refractivity contribution in [3.05, 3.63) is 60.4 Å². The first kappa shape index (κ1) is 15.3. The summed E-state index contributed by atoms with van der Waals surface area (Å²) in [6, 6.07) is 14.1. The highest BCUT2D eigenvalue weighted by atomic mass is 16.5. The van der Waals surface area contributed by atoms with E-state index in [1.54, 1.807) is 12.4 Å². The van der Waals surface area contributed by atoms with Gasteiger partial charge < -0.3 is 10.1 Å². The van der Waals surface area contributed by atoms with E-state index in [4.69, 9.17) is 4.74 Å². The summed E-state index contributed by atoms with van der Waals surface area (Å²) in [5, 5.41) is 2.96. The van der Waals surface area contributed by atoms with Crippen molar-refractivity contribution < 1.29 is 9.53 Å². The lowest BCUT2D eigenvalue weighted by Crippen LogP contribution is -2.44. The third-order valence-corrected chi connectivity index (χ3v) is 4.75. The minimum atomic E-state index is -0.0871. The zero-order valence-corrected chi connectivity index (χ0v) is 13.5. The van der Waals surface area contributed by atoms with Crippen molar-refractivity contribution in [2.75, 3.05) is 18.4 Å². The van der Waals surface area contributed by atoms with Crippen LogP contribution in [0, 0.1) is 5.92 Å². The van der Waals surface area contributed by atoms with Gasteiger partial charge in [-0.1, -0.05) is 30.3 Å². The summed E-state index contributed by atoms with van der Waals surface area (Å²) < 4.78 is 6.02. The zero-order valence-electron chi connectivity index (χ0n) is 13.5. The van der Waals surface area contributed by atoms with Gasteiger partial charge in [-0.2, -0.15) is 0 Å². The van der Waals surface area contributed by atoms with E-state index in [1.807, 2.05) is 18.2 Å². The van der Waals surface area contributed by atoms with E-state index >= 15 is 0 Å². The molecule has 2 aliphatic rings. The van der Waals surface area contributed by atoms with Crippen LogP contribution in [0.4, 0.5) is 5.69 Å². The van der Waals surface area contributed by atoms with Gasteiger partial charge in [-0.3, -0.25) is 14.7 Å². The summed E-state index contributed by atoms with van der Waals surface area (Å²) in [7, 11) is 0. The van der Waals surface area contributed by atoms with Gasteiger partial charge in [-0.15, -0.1) is 0 Å². The number of carbonyl (C=O) groups excluding carboxylic acids is 1. The number of hydrogen-bond donors (Lipinski definition) is 1. The summed E-state index contributed by atoms with van der Waals surface area (Å²) in [6.45, 7) is 2.60. The fraction of sp³-hybridized carbons (Fsp3) is 0.368.